The number of para-hydroxylation sites is 1. The highest BCUT2D eigenvalue weighted by atomic mass is 16.5. The van der Waals surface area contributed by atoms with Crippen LogP contribution in [0.1, 0.15) is 17.3 Å². The lowest BCUT2D eigenvalue weighted by Gasteiger charge is -2.25. The molecule has 0 unspecified atom stereocenters. The average molecular weight is 396 g/mol. The van der Waals surface area contributed by atoms with E-state index in [0.717, 1.165) is 44.3 Å². The maximum Gasteiger partial charge on any atom is 0.257 e. The zero-order valence-electron chi connectivity index (χ0n) is 16.8. The van der Waals surface area contributed by atoms with Crippen LogP contribution in [0.3, 0.4) is 0 Å². The molecule has 2 aromatic rings. The van der Waals surface area contributed by atoms with Gasteiger partial charge in [-0.1, -0.05) is 18.2 Å². The van der Waals surface area contributed by atoms with Crippen LogP contribution in [-0.4, -0.2) is 62.8 Å². The second-order valence-electron chi connectivity index (χ2n) is 6.59. The first kappa shape index (κ1) is 20.8. The SMILES string of the molecule is CCOc1ccc(C(=O)NC(=NCCN2CCOCC2)Nc2ccccc2)cc1. The number of guanidine groups is 1. The average Bonchev–Trinajstić information content (AvgIpc) is 2.76. The number of ether oxygens (including phenoxy) is 2. The van der Waals surface area contributed by atoms with Gasteiger partial charge in [0.05, 0.1) is 26.4 Å². The molecule has 0 aromatic heterocycles. The van der Waals surface area contributed by atoms with Crippen molar-refractivity contribution in [2.24, 2.45) is 4.99 Å². The Hall–Kier alpha value is -2.90. The maximum absolute atomic E-state index is 12.7. The zero-order chi connectivity index (χ0) is 20.3. The van der Waals surface area contributed by atoms with Gasteiger partial charge in [-0.15, -0.1) is 0 Å². The third kappa shape index (κ3) is 6.89. The molecule has 1 aliphatic rings. The predicted octanol–water partition coefficient (Wildman–Crippen LogP) is 2.62. The second-order valence-corrected chi connectivity index (χ2v) is 6.59. The van der Waals surface area contributed by atoms with Gasteiger partial charge in [0.15, 0.2) is 0 Å². The second kappa shape index (κ2) is 11.2. The van der Waals surface area contributed by atoms with Crippen molar-refractivity contribution < 1.29 is 14.3 Å². The molecule has 0 radical (unpaired) electrons. The van der Waals surface area contributed by atoms with E-state index < -0.39 is 0 Å². The Balaban J connectivity index is 1.64. The molecule has 1 fully saturated rings. The molecule has 2 aromatic carbocycles. The summed E-state index contributed by atoms with van der Waals surface area (Å²) < 4.78 is 10.8. The summed E-state index contributed by atoms with van der Waals surface area (Å²) >= 11 is 0. The molecule has 0 spiro atoms. The summed E-state index contributed by atoms with van der Waals surface area (Å²) in [6.45, 7) is 7.26. The van der Waals surface area contributed by atoms with Crippen molar-refractivity contribution in [3.05, 3.63) is 60.2 Å². The van der Waals surface area contributed by atoms with Gasteiger partial charge in [-0.3, -0.25) is 20.0 Å². The highest BCUT2D eigenvalue weighted by molar-refractivity contribution is 6.09. The Labute approximate surface area is 171 Å². The molecule has 3 rings (SSSR count). The van der Waals surface area contributed by atoms with Gasteiger partial charge in [-0.25, -0.2) is 0 Å². The number of amides is 1. The molecule has 29 heavy (non-hydrogen) atoms. The van der Waals surface area contributed by atoms with Crippen molar-refractivity contribution >= 4 is 17.6 Å². The van der Waals surface area contributed by atoms with Crippen LogP contribution in [0.2, 0.25) is 0 Å². The number of nitrogens with zero attached hydrogens (tertiary/aromatic N) is 2. The molecule has 7 nitrogen and oxygen atoms in total. The fourth-order valence-electron chi connectivity index (χ4n) is 2.95. The lowest BCUT2D eigenvalue weighted by Crippen LogP contribution is -2.39. The summed E-state index contributed by atoms with van der Waals surface area (Å²) in [5.41, 5.74) is 1.41. The molecule has 154 valence electrons. The van der Waals surface area contributed by atoms with Crippen molar-refractivity contribution in [2.45, 2.75) is 6.92 Å². The molecular formula is C22H28N4O3. The molecule has 1 heterocycles. The number of hydrogen-bond donors (Lipinski definition) is 2. The Morgan fingerprint density at radius 3 is 2.52 bits per heavy atom. The number of morpholine rings is 1. The molecular weight excluding hydrogens is 368 g/mol. The number of benzene rings is 2. The Kier molecular flexibility index (Phi) is 8.03. The van der Waals surface area contributed by atoms with Crippen molar-refractivity contribution in [2.75, 3.05) is 51.3 Å². The lowest BCUT2D eigenvalue weighted by molar-refractivity contribution is 0.0394. The van der Waals surface area contributed by atoms with Crippen LogP contribution in [0.5, 0.6) is 5.75 Å². The highest BCUT2D eigenvalue weighted by Crippen LogP contribution is 2.12. The van der Waals surface area contributed by atoms with Crippen molar-refractivity contribution in [1.82, 2.24) is 10.2 Å². The minimum Gasteiger partial charge on any atom is -0.494 e. The summed E-state index contributed by atoms with van der Waals surface area (Å²) in [5, 5.41) is 6.09. The van der Waals surface area contributed by atoms with Crippen molar-refractivity contribution in [1.29, 1.82) is 0 Å². The number of nitrogens with one attached hydrogen (secondary N) is 2. The van der Waals surface area contributed by atoms with Gasteiger partial charge in [0.1, 0.15) is 5.75 Å². The number of hydrogen-bond acceptors (Lipinski definition) is 5. The third-order valence-electron chi connectivity index (χ3n) is 4.49. The minimum atomic E-state index is -0.221. The molecule has 0 aliphatic carbocycles. The van der Waals surface area contributed by atoms with E-state index in [9.17, 15) is 4.79 Å². The van der Waals surface area contributed by atoms with Crippen LogP contribution in [-0.2, 0) is 4.74 Å². The molecule has 0 atom stereocenters. The molecule has 0 bridgehead atoms. The largest absolute Gasteiger partial charge is 0.494 e. The van der Waals surface area contributed by atoms with Gasteiger partial charge in [-0.2, -0.15) is 0 Å². The smallest absolute Gasteiger partial charge is 0.257 e. The molecule has 7 heteroatoms. The van der Waals surface area contributed by atoms with Crippen LogP contribution < -0.4 is 15.4 Å². The van der Waals surface area contributed by atoms with Gasteiger partial charge in [0.2, 0.25) is 5.96 Å². The summed E-state index contributed by atoms with van der Waals surface area (Å²) in [5.74, 6) is 0.954. The molecule has 1 saturated heterocycles. The van der Waals surface area contributed by atoms with E-state index in [1.807, 2.05) is 37.3 Å². The first-order valence-electron chi connectivity index (χ1n) is 9.95. The highest BCUT2D eigenvalue weighted by Gasteiger charge is 2.12. The number of carbonyl (C=O) groups excluding carboxylic acids is 1. The molecule has 0 saturated carbocycles. The fraction of sp³-hybridized carbons (Fsp3) is 0.364. The van der Waals surface area contributed by atoms with Gasteiger partial charge in [0.25, 0.3) is 5.91 Å². The predicted molar refractivity (Wildman–Crippen MR) is 115 cm³/mol. The first-order chi connectivity index (χ1) is 14.2. The van der Waals surface area contributed by atoms with E-state index in [-0.39, 0.29) is 5.91 Å². The number of rotatable bonds is 7. The van der Waals surface area contributed by atoms with Crippen LogP contribution in [0.25, 0.3) is 0 Å². The summed E-state index contributed by atoms with van der Waals surface area (Å²) in [6.07, 6.45) is 0. The van der Waals surface area contributed by atoms with Gasteiger partial charge >= 0.3 is 0 Å². The molecule has 2 N–H and O–H groups in total. The lowest BCUT2D eigenvalue weighted by atomic mass is 10.2. The van der Waals surface area contributed by atoms with Crippen molar-refractivity contribution in [3.8, 4) is 5.75 Å². The topological polar surface area (TPSA) is 75.2 Å². The quantitative estimate of drug-likeness (QED) is 0.556. The maximum atomic E-state index is 12.7. The first-order valence-corrected chi connectivity index (χ1v) is 9.95. The van der Waals surface area contributed by atoms with E-state index >= 15 is 0 Å². The van der Waals surface area contributed by atoms with Crippen LogP contribution in [0.15, 0.2) is 59.6 Å². The van der Waals surface area contributed by atoms with E-state index in [1.165, 1.54) is 0 Å². The zero-order valence-corrected chi connectivity index (χ0v) is 16.8. The third-order valence-corrected chi connectivity index (χ3v) is 4.49. The van der Waals surface area contributed by atoms with Gasteiger partial charge < -0.3 is 14.8 Å². The normalized spacial score (nSPS) is 15.0. The van der Waals surface area contributed by atoms with E-state index in [4.69, 9.17) is 9.47 Å². The monoisotopic (exact) mass is 396 g/mol. The number of aliphatic imine (C=N–C) groups is 1. The minimum absolute atomic E-state index is 0.221. The summed E-state index contributed by atoms with van der Waals surface area (Å²) in [7, 11) is 0. The fourth-order valence-corrected chi connectivity index (χ4v) is 2.95. The van der Waals surface area contributed by atoms with E-state index in [1.54, 1.807) is 24.3 Å². The van der Waals surface area contributed by atoms with Gasteiger partial charge in [-0.05, 0) is 43.3 Å². The van der Waals surface area contributed by atoms with Crippen LogP contribution in [0.4, 0.5) is 5.69 Å². The van der Waals surface area contributed by atoms with E-state index in [0.29, 0.717) is 24.7 Å². The van der Waals surface area contributed by atoms with Gasteiger partial charge in [0, 0.05) is 30.9 Å². The molecule has 1 amide bonds. The van der Waals surface area contributed by atoms with Crippen LogP contribution in [0, 0.1) is 0 Å². The van der Waals surface area contributed by atoms with E-state index in [2.05, 4.69) is 20.5 Å². The number of anilines is 1. The standard InChI is InChI=1S/C22H28N4O3/c1-2-29-20-10-8-18(9-11-20)21(27)25-22(24-19-6-4-3-5-7-19)23-12-13-26-14-16-28-17-15-26/h3-11H,2,12-17H2,1H3,(H2,23,24,25,27). The number of carbonyl (C=O) groups is 1. The van der Waals surface area contributed by atoms with Crippen molar-refractivity contribution in [3.63, 3.8) is 0 Å². The Morgan fingerprint density at radius 2 is 1.83 bits per heavy atom. The Morgan fingerprint density at radius 1 is 1.10 bits per heavy atom. The summed E-state index contributed by atoms with van der Waals surface area (Å²) in [6, 6.07) is 16.7. The summed E-state index contributed by atoms with van der Waals surface area (Å²) in [4.78, 5) is 19.6. The Bertz CT molecular complexity index is 787. The molecule has 1 aliphatic heterocycles. The van der Waals surface area contributed by atoms with Crippen LogP contribution >= 0.6 is 0 Å².